The summed E-state index contributed by atoms with van der Waals surface area (Å²) < 4.78 is 22.4. The first kappa shape index (κ1) is 44.5. The summed E-state index contributed by atoms with van der Waals surface area (Å²) in [7, 11) is -5.87. The quantitative estimate of drug-likeness (QED) is 0.108. The Labute approximate surface area is 361 Å². The SMILES string of the molecule is CC(=O)[C@@H]1[C@H]([C@H]2CC[C@@]3(O[C@@H](CO[Si](c4ccccc4)(c4ccccc4)C(C)(C)C)C[C@@H]3C)[C@@H]2CC=O)[C@](C)(O)C[C@@H]1O[Si](c1ccccc1)(c1ccccc1)C(C)(C)C. The minimum Gasteiger partial charge on any atom is -0.405 e. The van der Waals surface area contributed by atoms with Crippen LogP contribution in [-0.2, 0) is 23.2 Å². The number of carbonyl (C=O) groups is 2. The Morgan fingerprint density at radius 3 is 1.65 bits per heavy atom. The number of ketones is 1. The first-order valence-electron chi connectivity index (χ1n) is 22.3. The molecule has 3 fully saturated rings. The largest absolute Gasteiger partial charge is 0.405 e. The van der Waals surface area contributed by atoms with Crippen LogP contribution in [0, 0.1) is 29.6 Å². The van der Waals surface area contributed by atoms with Crippen molar-refractivity contribution in [1.29, 1.82) is 0 Å². The van der Waals surface area contributed by atoms with Gasteiger partial charge >= 0.3 is 0 Å². The molecule has 3 aliphatic rings. The molecule has 6 nitrogen and oxygen atoms in total. The van der Waals surface area contributed by atoms with E-state index in [9.17, 15) is 14.7 Å². The standard InChI is InChI=1S/C52H68O6Si2/c1-37-34-39(36-56-59(49(3,4)5,40-22-14-10-15-23-40)41-24-16-11-17-25-41)57-52(37)32-30-44(45(52)31-33-53)48-47(38(2)54)46(35-51(48,9)55)58-60(50(6,7)8,42-26-18-12-19-27-42)43-28-20-13-21-29-43/h10-29,33,37,39,44-48,55H,30-32,34-36H2,1-9H3/t37-,39+,44-,45+,46-,47-,48-,51+,52-/m0/s1. The van der Waals surface area contributed by atoms with Crippen molar-refractivity contribution in [3.63, 3.8) is 0 Å². The van der Waals surface area contributed by atoms with Crippen LogP contribution in [0.2, 0.25) is 10.1 Å². The molecule has 2 aliphatic carbocycles. The van der Waals surface area contributed by atoms with Crippen LogP contribution in [0.3, 0.4) is 0 Å². The van der Waals surface area contributed by atoms with E-state index in [0.717, 1.165) is 35.9 Å². The molecule has 0 radical (unpaired) electrons. The molecule has 4 aromatic rings. The lowest BCUT2D eigenvalue weighted by atomic mass is 9.67. The fraction of sp³-hybridized carbons (Fsp3) is 0.500. The molecule has 1 N–H and O–H groups in total. The maximum absolute atomic E-state index is 14.2. The zero-order valence-corrected chi connectivity index (χ0v) is 39.4. The monoisotopic (exact) mass is 844 g/mol. The molecule has 0 bridgehead atoms. The first-order valence-corrected chi connectivity index (χ1v) is 26.1. The summed E-state index contributed by atoms with van der Waals surface area (Å²) in [6.07, 6.45) is 3.38. The summed E-state index contributed by atoms with van der Waals surface area (Å²) in [6, 6.07) is 42.5. The van der Waals surface area contributed by atoms with E-state index in [4.69, 9.17) is 13.6 Å². The highest BCUT2D eigenvalue weighted by molar-refractivity contribution is 7.00. The van der Waals surface area contributed by atoms with Crippen molar-refractivity contribution in [2.75, 3.05) is 6.61 Å². The Balaban J connectivity index is 1.21. The van der Waals surface area contributed by atoms with Crippen LogP contribution in [0.1, 0.15) is 94.4 Å². The van der Waals surface area contributed by atoms with Gasteiger partial charge in [-0.2, -0.15) is 0 Å². The lowest BCUT2D eigenvalue weighted by Gasteiger charge is -2.46. The maximum Gasteiger partial charge on any atom is 0.261 e. The van der Waals surface area contributed by atoms with E-state index in [1.54, 1.807) is 6.92 Å². The van der Waals surface area contributed by atoms with E-state index < -0.39 is 45.8 Å². The summed E-state index contributed by atoms with van der Waals surface area (Å²) in [5.41, 5.74) is -1.77. The van der Waals surface area contributed by atoms with Crippen LogP contribution in [0.25, 0.3) is 0 Å². The highest BCUT2D eigenvalue weighted by Crippen LogP contribution is 2.61. The molecule has 2 saturated carbocycles. The van der Waals surface area contributed by atoms with Gasteiger partial charge in [-0.05, 0) is 81.7 Å². The van der Waals surface area contributed by atoms with Gasteiger partial charge in [0.1, 0.15) is 12.1 Å². The summed E-state index contributed by atoms with van der Waals surface area (Å²) in [4.78, 5) is 27.0. The van der Waals surface area contributed by atoms with E-state index in [2.05, 4.69) is 158 Å². The highest BCUT2D eigenvalue weighted by atomic mass is 28.4. The second-order valence-electron chi connectivity index (χ2n) is 20.6. The first-order chi connectivity index (χ1) is 28.4. The average Bonchev–Trinajstić information content (AvgIpc) is 3.82. The number of Topliss-reactive ketones (excluding diaryl/α,β-unsaturated/α-hetero) is 1. The molecule has 1 aliphatic heterocycles. The minimum absolute atomic E-state index is 0.0310. The van der Waals surface area contributed by atoms with Gasteiger partial charge in [-0.25, -0.2) is 0 Å². The van der Waals surface area contributed by atoms with Gasteiger partial charge < -0.3 is 23.5 Å². The van der Waals surface area contributed by atoms with E-state index in [0.29, 0.717) is 19.4 Å². The number of benzene rings is 4. The smallest absolute Gasteiger partial charge is 0.261 e. The van der Waals surface area contributed by atoms with Crippen molar-refractivity contribution in [2.45, 2.75) is 128 Å². The van der Waals surface area contributed by atoms with Crippen LogP contribution in [0.15, 0.2) is 121 Å². The molecular formula is C52H68O6Si2. The third kappa shape index (κ3) is 7.68. The van der Waals surface area contributed by atoms with Gasteiger partial charge in [-0.3, -0.25) is 4.79 Å². The number of aldehydes is 1. The Morgan fingerprint density at radius 2 is 1.23 bits per heavy atom. The van der Waals surface area contributed by atoms with Crippen molar-refractivity contribution in [1.82, 2.24) is 0 Å². The third-order valence-corrected chi connectivity index (χ3v) is 25.0. The summed E-state index contributed by atoms with van der Waals surface area (Å²) in [5.74, 6) is -1.01. The minimum atomic E-state index is -3.06. The molecule has 9 atom stereocenters. The van der Waals surface area contributed by atoms with Crippen molar-refractivity contribution in [2.24, 2.45) is 29.6 Å². The fourth-order valence-electron chi connectivity index (χ4n) is 12.5. The summed E-state index contributed by atoms with van der Waals surface area (Å²) in [5, 5.41) is 17.0. The normalized spacial score (nSPS) is 29.9. The molecule has 7 rings (SSSR count). The highest BCUT2D eigenvalue weighted by Gasteiger charge is 2.66. The zero-order valence-electron chi connectivity index (χ0n) is 37.4. The number of hydrogen-bond acceptors (Lipinski definition) is 6. The van der Waals surface area contributed by atoms with Gasteiger partial charge in [-0.1, -0.05) is 170 Å². The molecule has 0 aromatic heterocycles. The van der Waals surface area contributed by atoms with E-state index >= 15 is 0 Å². The number of rotatable bonds is 13. The number of hydrogen-bond donors (Lipinski definition) is 1. The predicted molar refractivity (Wildman–Crippen MR) is 247 cm³/mol. The molecule has 1 heterocycles. The fourth-order valence-corrected chi connectivity index (χ4v) is 21.8. The van der Waals surface area contributed by atoms with Crippen LogP contribution in [0.5, 0.6) is 0 Å². The molecule has 1 spiro atoms. The molecule has 0 unspecified atom stereocenters. The van der Waals surface area contributed by atoms with Gasteiger partial charge in [-0.15, -0.1) is 0 Å². The van der Waals surface area contributed by atoms with Gasteiger partial charge in [0.05, 0.1) is 30.0 Å². The van der Waals surface area contributed by atoms with Crippen molar-refractivity contribution in [3.8, 4) is 0 Å². The second kappa shape index (κ2) is 17.0. The lowest BCUT2D eigenvalue weighted by molar-refractivity contribution is -0.133. The number of aliphatic hydroxyl groups is 1. The molecule has 60 heavy (non-hydrogen) atoms. The van der Waals surface area contributed by atoms with Crippen molar-refractivity contribution < 1.29 is 28.3 Å². The van der Waals surface area contributed by atoms with E-state index in [1.807, 2.05) is 19.1 Å². The van der Waals surface area contributed by atoms with Crippen molar-refractivity contribution in [3.05, 3.63) is 121 Å². The molecular weight excluding hydrogens is 777 g/mol. The van der Waals surface area contributed by atoms with Crippen LogP contribution in [0.4, 0.5) is 0 Å². The maximum atomic E-state index is 14.2. The number of carbonyl (C=O) groups excluding carboxylic acids is 2. The van der Waals surface area contributed by atoms with Gasteiger partial charge in [0, 0.05) is 24.7 Å². The molecule has 0 amide bonds. The van der Waals surface area contributed by atoms with E-state index in [1.165, 1.54) is 10.4 Å². The zero-order chi connectivity index (χ0) is 43.1. The summed E-state index contributed by atoms with van der Waals surface area (Å²) >= 11 is 0. The van der Waals surface area contributed by atoms with Gasteiger partial charge in [0.2, 0.25) is 0 Å². The third-order valence-electron chi connectivity index (χ3n) is 14.9. The molecule has 8 heteroatoms. The molecule has 1 saturated heterocycles. The van der Waals surface area contributed by atoms with E-state index in [-0.39, 0.29) is 39.7 Å². The number of ether oxygens (including phenoxy) is 1. The molecule has 320 valence electrons. The van der Waals surface area contributed by atoms with Crippen LogP contribution >= 0.6 is 0 Å². The van der Waals surface area contributed by atoms with Gasteiger partial charge in [0.15, 0.2) is 0 Å². The molecule has 4 aromatic carbocycles. The van der Waals surface area contributed by atoms with Crippen LogP contribution < -0.4 is 20.7 Å². The average molecular weight is 845 g/mol. The second-order valence-corrected chi connectivity index (χ2v) is 29.1. The topological polar surface area (TPSA) is 82.1 Å². The predicted octanol–water partition coefficient (Wildman–Crippen LogP) is 8.26. The summed E-state index contributed by atoms with van der Waals surface area (Å²) in [6.45, 7) is 19.9. The lowest BCUT2D eigenvalue weighted by Crippen LogP contribution is -2.68. The Kier molecular flexibility index (Phi) is 12.6. The van der Waals surface area contributed by atoms with Gasteiger partial charge in [0.25, 0.3) is 16.6 Å². The van der Waals surface area contributed by atoms with Crippen LogP contribution in [-0.4, -0.2) is 63.8 Å². The Hall–Kier alpha value is -3.51. The van der Waals surface area contributed by atoms with Crippen molar-refractivity contribution >= 4 is 49.5 Å². The Morgan fingerprint density at radius 1 is 0.783 bits per heavy atom. The Bertz CT molecular complexity index is 1980.